The third-order valence-corrected chi connectivity index (χ3v) is 4.91. The molecule has 1 aromatic rings. The van der Waals surface area contributed by atoms with Crippen LogP contribution in [0, 0.1) is 11.8 Å². The summed E-state index contributed by atoms with van der Waals surface area (Å²) >= 11 is 0. The summed E-state index contributed by atoms with van der Waals surface area (Å²) in [6.45, 7) is 3.65. The lowest BCUT2D eigenvalue weighted by Gasteiger charge is -2.22. The molecule has 0 radical (unpaired) electrons. The predicted molar refractivity (Wildman–Crippen MR) is 91.1 cm³/mol. The first-order valence-corrected chi connectivity index (χ1v) is 8.44. The first-order valence-electron chi connectivity index (χ1n) is 8.44. The van der Waals surface area contributed by atoms with Gasteiger partial charge >= 0.3 is 0 Å². The average molecular weight is 326 g/mol. The Morgan fingerprint density at radius 1 is 1.21 bits per heavy atom. The first-order chi connectivity index (χ1) is 11.5. The van der Waals surface area contributed by atoms with Gasteiger partial charge in [0.25, 0.3) is 0 Å². The van der Waals surface area contributed by atoms with Crippen LogP contribution in [0.5, 0.6) is 0 Å². The standard InChI is InChI=1S/C19H22N2O3/c1-3-13-7-6-8-14(11-13)20-17(22)12(2)21-18(23)15-9-4-5-10-16(15)19(21)24/h4-8,11-12,15-16H,3,9-10H2,1-2H3,(H,20,22)/t12-,15?,16?/m0/s1. The van der Waals surface area contributed by atoms with Crippen molar-refractivity contribution >= 4 is 23.4 Å². The molecular weight excluding hydrogens is 304 g/mol. The van der Waals surface area contributed by atoms with Gasteiger partial charge in [-0.1, -0.05) is 31.2 Å². The van der Waals surface area contributed by atoms with Crippen LogP contribution in [0.2, 0.25) is 0 Å². The average Bonchev–Trinajstić information content (AvgIpc) is 2.86. The zero-order valence-corrected chi connectivity index (χ0v) is 14.0. The molecule has 0 aromatic heterocycles. The molecule has 1 aliphatic carbocycles. The lowest BCUT2D eigenvalue weighted by molar-refractivity contribution is -0.146. The fraction of sp³-hybridized carbons (Fsp3) is 0.421. The maximum Gasteiger partial charge on any atom is 0.247 e. The number of hydrogen-bond donors (Lipinski definition) is 1. The Bertz CT molecular complexity index is 684. The SMILES string of the molecule is CCc1cccc(NC(=O)[C@H](C)N2C(=O)C3CC=CCC3C2=O)c1. The van der Waals surface area contributed by atoms with Gasteiger partial charge in [-0.15, -0.1) is 0 Å². The summed E-state index contributed by atoms with van der Waals surface area (Å²) in [5.74, 6) is -1.39. The van der Waals surface area contributed by atoms with Crippen molar-refractivity contribution in [3.63, 3.8) is 0 Å². The van der Waals surface area contributed by atoms with Gasteiger partial charge in [-0.25, -0.2) is 0 Å². The molecule has 2 aliphatic rings. The molecule has 3 amide bonds. The normalized spacial score (nSPS) is 24.0. The number of nitrogens with zero attached hydrogens (tertiary/aromatic N) is 1. The van der Waals surface area contributed by atoms with Gasteiger partial charge in [-0.2, -0.15) is 0 Å². The van der Waals surface area contributed by atoms with E-state index in [0.29, 0.717) is 18.5 Å². The number of imide groups is 1. The number of benzene rings is 1. The summed E-state index contributed by atoms with van der Waals surface area (Å²) in [5.41, 5.74) is 1.80. The fourth-order valence-electron chi connectivity index (χ4n) is 3.44. The van der Waals surface area contributed by atoms with E-state index in [1.54, 1.807) is 13.0 Å². The molecule has 1 fully saturated rings. The fourth-order valence-corrected chi connectivity index (χ4v) is 3.44. The molecule has 1 saturated heterocycles. The molecule has 3 rings (SSSR count). The lowest BCUT2D eigenvalue weighted by atomic mass is 9.85. The molecule has 3 atom stereocenters. The van der Waals surface area contributed by atoms with Crippen LogP contribution in [0.15, 0.2) is 36.4 Å². The number of rotatable bonds is 4. The lowest BCUT2D eigenvalue weighted by Crippen LogP contribution is -2.46. The Morgan fingerprint density at radius 3 is 2.42 bits per heavy atom. The predicted octanol–water partition coefficient (Wildman–Crippen LogP) is 2.53. The van der Waals surface area contributed by atoms with E-state index in [4.69, 9.17) is 0 Å². The van der Waals surface area contributed by atoms with E-state index in [-0.39, 0.29) is 29.6 Å². The van der Waals surface area contributed by atoms with E-state index >= 15 is 0 Å². The quantitative estimate of drug-likeness (QED) is 0.683. The van der Waals surface area contributed by atoms with Gasteiger partial charge in [0.05, 0.1) is 11.8 Å². The van der Waals surface area contributed by atoms with Crippen molar-refractivity contribution in [2.75, 3.05) is 5.32 Å². The van der Waals surface area contributed by atoms with Gasteiger partial charge in [-0.05, 0) is 43.9 Å². The summed E-state index contributed by atoms with van der Waals surface area (Å²) in [7, 11) is 0. The van der Waals surface area contributed by atoms with E-state index in [2.05, 4.69) is 5.32 Å². The summed E-state index contributed by atoms with van der Waals surface area (Å²) in [6, 6.07) is 6.78. The molecule has 126 valence electrons. The second-order valence-corrected chi connectivity index (χ2v) is 6.42. The number of carbonyl (C=O) groups excluding carboxylic acids is 3. The highest BCUT2D eigenvalue weighted by molar-refractivity contribution is 6.10. The number of likely N-dealkylation sites (tertiary alicyclic amines) is 1. The number of amides is 3. The van der Waals surface area contributed by atoms with Crippen molar-refractivity contribution in [2.24, 2.45) is 11.8 Å². The van der Waals surface area contributed by atoms with Crippen LogP contribution >= 0.6 is 0 Å². The zero-order chi connectivity index (χ0) is 17.3. The zero-order valence-electron chi connectivity index (χ0n) is 14.0. The molecule has 0 spiro atoms. The second kappa shape index (κ2) is 6.59. The summed E-state index contributed by atoms with van der Waals surface area (Å²) in [6.07, 6.45) is 5.92. The molecule has 0 saturated carbocycles. The van der Waals surface area contributed by atoms with Crippen molar-refractivity contribution in [2.45, 2.75) is 39.2 Å². The molecule has 5 nitrogen and oxygen atoms in total. The summed E-state index contributed by atoms with van der Waals surface area (Å²) in [5, 5.41) is 2.82. The van der Waals surface area contributed by atoms with Crippen LogP contribution in [0.4, 0.5) is 5.69 Å². The molecule has 1 aromatic carbocycles. The summed E-state index contributed by atoms with van der Waals surface area (Å²) in [4.78, 5) is 38.8. The van der Waals surface area contributed by atoms with E-state index in [1.165, 1.54) is 0 Å². The first kappa shape index (κ1) is 16.4. The van der Waals surface area contributed by atoms with Crippen LogP contribution in [-0.4, -0.2) is 28.7 Å². The number of anilines is 1. The molecule has 2 unspecified atom stereocenters. The molecule has 1 aliphatic heterocycles. The van der Waals surface area contributed by atoms with Crippen molar-refractivity contribution < 1.29 is 14.4 Å². The number of nitrogens with one attached hydrogen (secondary N) is 1. The minimum Gasteiger partial charge on any atom is -0.324 e. The maximum absolute atomic E-state index is 12.5. The Labute approximate surface area is 141 Å². The molecule has 1 heterocycles. The monoisotopic (exact) mass is 326 g/mol. The maximum atomic E-state index is 12.5. The van der Waals surface area contributed by atoms with Crippen LogP contribution in [0.25, 0.3) is 0 Å². The summed E-state index contributed by atoms with van der Waals surface area (Å²) < 4.78 is 0. The molecule has 24 heavy (non-hydrogen) atoms. The van der Waals surface area contributed by atoms with E-state index in [0.717, 1.165) is 16.9 Å². The van der Waals surface area contributed by atoms with Crippen molar-refractivity contribution in [1.29, 1.82) is 0 Å². The largest absolute Gasteiger partial charge is 0.324 e. The number of aryl methyl sites for hydroxylation is 1. The smallest absolute Gasteiger partial charge is 0.247 e. The van der Waals surface area contributed by atoms with E-state index in [1.807, 2.05) is 37.3 Å². The van der Waals surface area contributed by atoms with Crippen LogP contribution in [-0.2, 0) is 20.8 Å². The van der Waals surface area contributed by atoms with E-state index in [9.17, 15) is 14.4 Å². The Kier molecular flexibility index (Phi) is 4.51. The van der Waals surface area contributed by atoms with Crippen LogP contribution in [0.1, 0.15) is 32.3 Å². The number of carbonyl (C=O) groups is 3. The van der Waals surface area contributed by atoms with Gasteiger partial charge in [0.15, 0.2) is 0 Å². The number of hydrogen-bond acceptors (Lipinski definition) is 3. The molecule has 5 heteroatoms. The van der Waals surface area contributed by atoms with Crippen molar-refractivity contribution in [3.8, 4) is 0 Å². The molecule has 1 N–H and O–H groups in total. The number of allylic oxidation sites excluding steroid dienone is 2. The minimum absolute atomic E-state index is 0.223. The highest BCUT2D eigenvalue weighted by Gasteiger charge is 2.50. The molecular formula is C19H22N2O3. The van der Waals surface area contributed by atoms with Crippen LogP contribution in [0.3, 0.4) is 0 Å². The Hall–Kier alpha value is -2.43. The van der Waals surface area contributed by atoms with Gasteiger partial charge in [0.1, 0.15) is 6.04 Å². The number of fused-ring (bicyclic) bond motifs is 1. The third kappa shape index (κ3) is 2.86. The van der Waals surface area contributed by atoms with Crippen molar-refractivity contribution in [1.82, 2.24) is 4.90 Å². The van der Waals surface area contributed by atoms with Gasteiger partial charge in [0.2, 0.25) is 17.7 Å². The molecule has 0 bridgehead atoms. The topological polar surface area (TPSA) is 66.5 Å². The highest BCUT2D eigenvalue weighted by atomic mass is 16.2. The van der Waals surface area contributed by atoms with E-state index < -0.39 is 6.04 Å². The highest BCUT2D eigenvalue weighted by Crippen LogP contribution is 2.36. The van der Waals surface area contributed by atoms with Crippen molar-refractivity contribution in [3.05, 3.63) is 42.0 Å². The Balaban J connectivity index is 1.73. The van der Waals surface area contributed by atoms with Gasteiger partial charge in [0, 0.05) is 5.69 Å². The van der Waals surface area contributed by atoms with Gasteiger partial charge in [-0.3, -0.25) is 19.3 Å². The van der Waals surface area contributed by atoms with Crippen LogP contribution < -0.4 is 5.32 Å². The Morgan fingerprint density at radius 2 is 1.83 bits per heavy atom. The second-order valence-electron chi connectivity index (χ2n) is 6.42. The van der Waals surface area contributed by atoms with Gasteiger partial charge < -0.3 is 5.32 Å². The minimum atomic E-state index is -0.805. The third-order valence-electron chi connectivity index (χ3n) is 4.91.